The van der Waals surface area contributed by atoms with Crippen molar-refractivity contribution in [2.75, 3.05) is 0 Å². The van der Waals surface area contributed by atoms with Crippen molar-refractivity contribution in [2.24, 2.45) is 7.05 Å². The van der Waals surface area contributed by atoms with Crippen LogP contribution in [0.15, 0.2) is 0 Å². The SMILES string of the molecule is Cn1nnc(C(F)(F)F)c1C(F)C(=O)O. The van der Waals surface area contributed by atoms with Gasteiger partial charge in [-0.1, -0.05) is 5.21 Å². The molecule has 9 heteroatoms. The van der Waals surface area contributed by atoms with Gasteiger partial charge in [-0.2, -0.15) is 13.2 Å². The fraction of sp³-hybridized carbons (Fsp3) is 0.500. The van der Waals surface area contributed by atoms with Crippen molar-refractivity contribution in [2.45, 2.75) is 12.3 Å². The fourth-order valence-electron chi connectivity index (χ4n) is 0.967. The van der Waals surface area contributed by atoms with Crippen molar-refractivity contribution in [1.82, 2.24) is 15.0 Å². The second-order valence-electron chi connectivity index (χ2n) is 2.65. The zero-order valence-electron chi connectivity index (χ0n) is 7.29. The lowest BCUT2D eigenvalue weighted by molar-refractivity contribution is -0.147. The molecule has 0 radical (unpaired) electrons. The van der Waals surface area contributed by atoms with Crippen LogP contribution in [0.1, 0.15) is 17.6 Å². The summed E-state index contributed by atoms with van der Waals surface area (Å²) in [7, 11) is 0.979. The summed E-state index contributed by atoms with van der Waals surface area (Å²) in [4.78, 5) is 10.2. The van der Waals surface area contributed by atoms with Gasteiger partial charge in [0.25, 0.3) is 0 Å². The Morgan fingerprint density at radius 3 is 2.47 bits per heavy atom. The molecule has 0 amide bonds. The van der Waals surface area contributed by atoms with E-state index in [4.69, 9.17) is 5.11 Å². The number of rotatable bonds is 2. The third-order valence-corrected chi connectivity index (χ3v) is 1.60. The van der Waals surface area contributed by atoms with Crippen LogP contribution in [0.5, 0.6) is 0 Å². The summed E-state index contributed by atoms with van der Waals surface area (Å²) >= 11 is 0. The first-order chi connectivity index (χ1) is 6.75. The van der Waals surface area contributed by atoms with Gasteiger partial charge in [-0.25, -0.2) is 13.9 Å². The summed E-state index contributed by atoms with van der Waals surface area (Å²) in [6.45, 7) is 0. The Morgan fingerprint density at radius 1 is 1.53 bits per heavy atom. The average Bonchev–Trinajstić information content (AvgIpc) is 2.44. The number of carbonyl (C=O) groups is 1. The van der Waals surface area contributed by atoms with E-state index in [2.05, 4.69) is 10.3 Å². The number of halogens is 4. The summed E-state index contributed by atoms with van der Waals surface area (Å²) in [5.74, 6) is -2.02. The first-order valence-corrected chi connectivity index (χ1v) is 3.58. The molecule has 5 nitrogen and oxygen atoms in total. The lowest BCUT2D eigenvalue weighted by atomic mass is 10.2. The molecule has 1 N–H and O–H groups in total. The summed E-state index contributed by atoms with van der Waals surface area (Å²) in [6, 6.07) is 0. The Morgan fingerprint density at radius 2 is 2.07 bits per heavy atom. The monoisotopic (exact) mass is 227 g/mol. The summed E-state index contributed by atoms with van der Waals surface area (Å²) in [5, 5.41) is 13.9. The molecule has 0 spiro atoms. The molecule has 1 unspecified atom stereocenters. The van der Waals surface area contributed by atoms with Crippen molar-refractivity contribution in [3.05, 3.63) is 11.4 Å². The molecular weight excluding hydrogens is 222 g/mol. The number of aryl methyl sites for hydroxylation is 1. The maximum atomic E-state index is 12.9. The summed E-state index contributed by atoms with van der Waals surface area (Å²) in [5.41, 5.74) is -2.74. The molecule has 15 heavy (non-hydrogen) atoms. The molecule has 0 aliphatic carbocycles. The van der Waals surface area contributed by atoms with Crippen molar-refractivity contribution in [3.8, 4) is 0 Å². The Kier molecular flexibility index (Phi) is 2.65. The largest absolute Gasteiger partial charge is 0.479 e. The van der Waals surface area contributed by atoms with Crippen LogP contribution in [-0.2, 0) is 18.0 Å². The zero-order chi connectivity index (χ0) is 11.8. The highest BCUT2D eigenvalue weighted by Crippen LogP contribution is 2.33. The summed E-state index contributed by atoms with van der Waals surface area (Å²) < 4.78 is 50.0. The van der Waals surface area contributed by atoms with E-state index in [9.17, 15) is 22.4 Å². The maximum Gasteiger partial charge on any atom is 0.437 e. The minimum atomic E-state index is -4.93. The van der Waals surface area contributed by atoms with Gasteiger partial charge in [-0.05, 0) is 0 Å². The van der Waals surface area contributed by atoms with Gasteiger partial charge >= 0.3 is 12.1 Å². The van der Waals surface area contributed by atoms with Gasteiger partial charge in [0, 0.05) is 7.05 Å². The van der Waals surface area contributed by atoms with E-state index in [1.807, 2.05) is 0 Å². The van der Waals surface area contributed by atoms with Crippen molar-refractivity contribution in [1.29, 1.82) is 0 Å². The van der Waals surface area contributed by atoms with Crippen LogP contribution in [0.4, 0.5) is 17.6 Å². The minimum Gasteiger partial charge on any atom is -0.479 e. The second-order valence-corrected chi connectivity index (χ2v) is 2.65. The molecule has 0 bridgehead atoms. The number of hydrogen-bond acceptors (Lipinski definition) is 3. The molecule has 1 heterocycles. The molecule has 0 aromatic carbocycles. The molecule has 1 aromatic heterocycles. The number of carboxylic acid groups (broad SMARTS) is 1. The fourth-order valence-corrected chi connectivity index (χ4v) is 0.967. The van der Waals surface area contributed by atoms with Gasteiger partial charge in [-0.3, -0.25) is 0 Å². The maximum absolute atomic E-state index is 12.9. The van der Waals surface area contributed by atoms with E-state index >= 15 is 0 Å². The third-order valence-electron chi connectivity index (χ3n) is 1.60. The van der Waals surface area contributed by atoms with Crippen LogP contribution >= 0.6 is 0 Å². The Bertz CT molecular complexity index is 386. The van der Waals surface area contributed by atoms with Crippen LogP contribution < -0.4 is 0 Å². The zero-order valence-corrected chi connectivity index (χ0v) is 7.29. The van der Waals surface area contributed by atoms with Crippen molar-refractivity contribution in [3.63, 3.8) is 0 Å². The van der Waals surface area contributed by atoms with Gasteiger partial charge in [0.1, 0.15) is 5.69 Å². The molecular formula is C6H5F4N3O2. The Balaban J connectivity index is 3.27. The predicted molar refractivity (Wildman–Crippen MR) is 37.5 cm³/mol. The number of carboxylic acids is 1. The van der Waals surface area contributed by atoms with Gasteiger partial charge in [0.15, 0.2) is 5.69 Å². The molecule has 1 atom stereocenters. The average molecular weight is 227 g/mol. The van der Waals surface area contributed by atoms with Crippen molar-refractivity contribution >= 4 is 5.97 Å². The number of alkyl halides is 4. The normalized spacial score (nSPS) is 13.9. The lowest BCUT2D eigenvalue weighted by Gasteiger charge is -2.07. The molecule has 84 valence electrons. The van der Waals surface area contributed by atoms with E-state index in [1.165, 1.54) is 0 Å². The van der Waals surface area contributed by atoms with Gasteiger partial charge in [0.2, 0.25) is 6.17 Å². The highest BCUT2D eigenvalue weighted by atomic mass is 19.4. The first kappa shape index (κ1) is 11.4. The first-order valence-electron chi connectivity index (χ1n) is 3.58. The second kappa shape index (κ2) is 3.48. The third kappa shape index (κ3) is 2.05. The van der Waals surface area contributed by atoms with E-state index in [-0.39, 0.29) is 0 Å². The van der Waals surface area contributed by atoms with E-state index in [1.54, 1.807) is 0 Å². The number of aliphatic carboxylic acids is 1. The van der Waals surface area contributed by atoms with Crippen LogP contribution in [0.2, 0.25) is 0 Å². The van der Waals surface area contributed by atoms with Crippen LogP contribution in [0.25, 0.3) is 0 Å². The van der Waals surface area contributed by atoms with Gasteiger partial charge in [0.05, 0.1) is 0 Å². The van der Waals surface area contributed by atoms with E-state index < -0.39 is 29.7 Å². The smallest absolute Gasteiger partial charge is 0.437 e. The highest BCUT2D eigenvalue weighted by molar-refractivity contribution is 5.73. The number of nitrogens with zero attached hydrogens (tertiary/aromatic N) is 3. The van der Waals surface area contributed by atoms with Gasteiger partial charge < -0.3 is 5.11 Å². The number of aromatic nitrogens is 3. The molecule has 1 aromatic rings. The van der Waals surface area contributed by atoms with Crippen LogP contribution in [0, 0.1) is 0 Å². The quantitative estimate of drug-likeness (QED) is 0.763. The highest BCUT2D eigenvalue weighted by Gasteiger charge is 2.42. The summed E-state index contributed by atoms with van der Waals surface area (Å²) in [6.07, 6.45) is -7.73. The lowest BCUT2D eigenvalue weighted by Crippen LogP contribution is -2.17. The Hall–Kier alpha value is -1.67. The molecule has 0 aliphatic rings. The van der Waals surface area contributed by atoms with Crippen molar-refractivity contribution < 1.29 is 27.5 Å². The molecule has 0 saturated carbocycles. The number of hydrogen-bond donors (Lipinski definition) is 1. The molecule has 1 rings (SSSR count). The molecule has 0 fully saturated rings. The molecule has 0 saturated heterocycles. The van der Waals surface area contributed by atoms with E-state index in [0.29, 0.717) is 4.68 Å². The Labute approximate surface area is 80.3 Å². The standard InChI is InChI=1S/C6H5F4N3O2/c1-13-3(2(7)5(14)15)4(11-12-13)6(8,9)10/h2H,1H3,(H,14,15). The minimum absolute atomic E-state index is 0.446. The molecule has 0 aliphatic heterocycles. The van der Waals surface area contributed by atoms with Crippen LogP contribution in [-0.4, -0.2) is 26.1 Å². The van der Waals surface area contributed by atoms with E-state index in [0.717, 1.165) is 7.05 Å². The van der Waals surface area contributed by atoms with Gasteiger partial charge in [-0.15, -0.1) is 5.10 Å². The topological polar surface area (TPSA) is 68.0 Å². The van der Waals surface area contributed by atoms with Crippen LogP contribution in [0.3, 0.4) is 0 Å². The predicted octanol–water partition coefficient (Wildman–Crippen LogP) is 0.929.